The zero-order valence-electron chi connectivity index (χ0n) is 10.8. The van der Waals surface area contributed by atoms with Gasteiger partial charge in [-0.2, -0.15) is 0 Å². The Morgan fingerprint density at radius 1 is 1.37 bits per heavy atom. The van der Waals surface area contributed by atoms with Gasteiger partial charge in [-0.15, -0.1) is 11.6 Å². The van der Waals surface area contributed by atoms with E-state index in [2.05, 4.69) is 16.9 Å². The number of alkyl halides is 1. The minimum atomic E-state index is -0.617. The van der Waals surface area contributed by atoms with Crippen LogP contribution < -0.4 is 5.73 Å². The maximum Gasteiger partial charge on any atom is 0.286 e. The lowest BCUT2D eigenvalue weighted by Crippen LogP contribution is -2.17. The SMILES string of the molecule is CCCC(Cl)Cc1nc(C(N)=O)nc2ccccc12. The van der Waals surface area contributed by atoms with Crippen molar-refractivity contribution < 1.29 is 4.79 Å². The van der Waals surface area contributed by atoms with Crippen molar-refractivity contribution in [2.24, 2.45) is 5.73 Å². The maximum atomic E-state index is 11.3. The fourth-order valence-electron chi connectivity index (χ4n) is 2.03. The van der Waals surface area contributed by atoms with Gasteiger partial charge in [0, 0.05) is 17.2 Å². The molecule has 1 aromatic heterocycles. The van der Waals surface area contributed by atoms with Crippen molar-refractivity contribution in [3.05, 3.63) is 35.8 Å². The van der Waals surface area contributed by atoms with E-state index in [1.54, 1.807) is 0 Å². The molecule has 1 unspecified atom stereocenters. The first kappa shape index (κ1) is 13.7. The lowest BCUT2D eigenvalue weighted by molar-refractivity contribution is 0.0990. The number of para-hydroxylation sites is 1. The highest BCUT2D eigenvalue weighted by molar-refractivity contribution is 6.20. The topological polar surface area (TPSA) is 68.9 Å². The number of amides is 1. The summed E-state index contributed by atoms with van der Waals surface area (Å²) in [6.45, 7) is 2.09. The third-order valence-electron chi connectivity index (χ3n) is 2.92. The first-order chi connectivity index (χ1) is 9.11. The number of hydrogen-bond donors (Lipinski definition) is 1. The van der Waals surface area contributed by atoms with Crippen LogP contribution in [0.4, 0.5) is 0 Å². The van der Waals surface area contributed by atoms with Gasteiger partial charge in [0.2, 0.25) is 5.82 Å². The fraction of sp³-hybridized carbons (Fsp3) is 0.357. The average molecular weight is 278 g/mol. The number of nitrogens with two attached hydrogens (primary N) is 1. The van der Waals surface area contributed by atoms with Crippen LogP contribution in [0.3, 0.4) is 0 Å². The van der Waals surface area contributed by atoms with Crippen molar-refractivity contribution >= 4 is 28.4 Å². The summed E-state index contributed by atoms with van der Waals surface area (Å²) in [5, 5.41) is 0.929. The van der Waals surface area contributed by atoms with Gasteiger partial charge in [-0.1, -0.05) is 31.5 Å². The minimum absolute atomic E-state index is 0.00373. The van der Waals surface area contributed by atoms with Crippen LogP contribution >= 0.6 is 11.6 Å². The zero-order valence-corrected chi connectivity index (χ0v) is 11.5. The molecule has 0 aliphatic heterocycles. The Balaban J connectivity index is 2.47. The van der Waals surface area contributed by atoms with Crippen molar-refractivity contribution in [3.63, 3.8) is 0 Å². The van der Waals surface area contributed by atoms with Crippen molar-refractivity contribution in [2.75, 3.05) is 0 Å². The van der Waals surface area contributed by atoms with Crippen LogP contribution in [0, 0.1) is 0 Å². The van der Waals surface area contributed by atoms with Crippen LogP contribution in [-0.2, 0) is 6.42 Å². The minimum Gasteiger partial charge on any atom is -0.363 e. The Hall–Kier alpha value is -1.68. The maximum absolute atomic E-state index is 11.3. The molecule has 0 aliphatic rings. The molecule has 2 N–H and O–H groups in total. The number of aromatic nitrogens is 2. The first-order valence-corrected chi connectivity index (χ1v) is 6.75. The first-order valence-electron chi connectivity index (χ1n) is 6.31. The lowest BCUT2D eigenvalue weighted by Gasteiger charge is -2.10. The summed E-state index contributed by atoms with van der Waals surface area (Å²) in [4.78, 5) is 19.7. The van der Waals surface area contributed by atoms with Gasteiger partial charge in [-0.05, 0) is 12.5 Å². The van der Waals surface area contributed by atoms with E-state index in [-0.39, 0.29) is 11.2 Å². The van der Waals surface area contributed by atoms with Gasteiger partial charge in [0.1, 0.15) is 0 Å². The molecular weight excluding hydrogens is 262 g/mol. The van der Waals surface area contributed by atoms with Crippen LogP contribution in [0.5, 0.6) is 0 Å². The van der Waals surface area contributed by atoms with E-state index < -0.39 is 5.91 Å². The van der Waals surface area contributed by atoms with Gasteiger partial charge >= 0.3 is 0 Å². The van der Waals surface area contributed by atoms with Crippen LogP contribution in [0.25, 0.3) is 10.9 Å². The third kappa shape index (κ3) is 3.20. The molecule has 1 atom stereocenters. The normalized spacial score (nSPS) is 12.5. The summed E-state index contributed by atoms with van der Waals surface area (Å²) >= 11 is 6.27. The van der Waals surface area contributed by atoms with E-state index in [1.807, 2.05) is 24.3 Å². The summed E-state index contributed by atoms with van der Waals surface area (Å²) in [5.74, 6) is -0.567. The zero-order chi connectivity index (χ0) is 13.8. The van der Waals surface area contributed by atoms with E-state index in [9.17, 15) is 4.79 Å². The van der Waals surface area contributed by atoms with Crippen LogP contribution in [0.2, 0.25) is 0 Å². The number of fused-ring (bicyclic) bond motifs is 1. The van der Waals surface area contributed by atoms with Gasteiger partial charge in [-0.25, -0.2) is 9.97 Å². The number of benzene rings is 1. The molecule has 100 valence electrons. The molecule has 1 aromatic carbocycles. The molecule has 2 aromatic rings. The molecule has 2 rings (SSSR count). The Morgan fingerprint density at radius 2 is 2.11 bits per heavy atom. The van der Waals surface area contributed by atoms with Crippen molar-refractivity contribution in [2.45, 2.75) is 31.6 Å². The monoisotopic (exact) mass is 277 g/mol. The van der Waals surface area contributed by atoms with Crippen LogP contribution in [0.1, 0.15) is 36.1 Å². The predicted octanol–water partition coefficient (Wildman–Crippen LogP) is 2.68. The van der Waals surface area contributed by atoms with E-state index in [0.717, 1.165) is 29.4 Å². The Labute approximate surface area is 117 Å². The quantitative estimate of drug-likeness (QED) is 0.854. The summed E-state index contributed by atoms with van der Waals surface area (Å²) in [6.07, 6.45) is 2.53. The van der Waals surface area contributed by atoms with Gasteiger partial charge < -0.3 is 5.73 Å². The Morgan fingerprint density at radius 3 is 2.79 bits per heavy atom. The highest BCUT2D eigenvalue weighted by Crippen LogP contribution is 2.20. The molecule has 0 bridgehead atoms. The lowest BCUT2D eigenvalue weighted by atomic mass is 10.1. The van der Waals surface area contributed by atoms with Gasteiger partial charge in [0.15, 0.2) is 0 Å². The average Bonchev–Trinajstić information content (AvgIpc) is 2.38. The highest BCUT2D eigenvalue weighted by Gasteiger charge is 2.14. The number of carbonyl (C=O) groups excluding carboxylic acids is 1. The molecule has 0 saturated carbocycles. The van der Waals surface area contributed by atoms with Gasteiger partial charge in [-0.3, -0.25) is 4.79 Å². The molecule has 0 saturated heterocycles. The molecule has 0 spiro atoms. The summed E-state index contributed by atoms with van der Waals surface area (Å²) < 4.78 is 0. The van der Waals surface area contributed by atoms with Crippen molar-refractivity contribution in [1.29, 1.82) is 0 Å². The van der Waals surface area contributed by atoms with Crippen molar-refractivity contribution in [3.8, 4) is 0 Å². The molecule has 0 fully saturated rings. The predicted molar refractivity (Wildman–Crippen MR) is 76.3 cm³/mol. The molecule has 19 heavy (non-hydrogen) atoms. The molecule has 5 heteroatoms. The summed E-state index contributed by atoms with van der Waals surface area (Å²) in [7, 11) is 0. The second kappa shape index (κ2) is 5.97. The van der Waals surface area contributed by atoms with Gasteiger partial charge in [0.25, 0.3) is 5.91 Å². The number of halogens is 1. The third-order valence-corrected chi connectivity index (χ3v) is 3.29. The van der Waals surface area contributed by atoms with Crippen LogP contribution in [0.15, 0.2) is 24.3 Å². The fourth-order valence-corrected chi connectivity index (χ4v) is 2.40. The number of nitrogens with zero attached hydrogens (tertiary/aromatic N) is 2. The van der Waals surface area contributed by atoms with Crippen LogP contribution in [-0.4, -0.2) is 21.3 Å². The van der Waals surface area contributed by atoms with E-state index in [4.69, 9.17) is 17.3 Å². The molecule has 0 radical (unpaired) electrons. The number of rotatable bonds is 5. The highest BCUT2D eigenvalue weighted by atomic mass is 35.5. The molecule has 4 nitrogen and oxygen atoms in total. The van der Waals surface area contributed by atoms with E-state index in [0.29, 0.717) is 6.42 Å². The molecule has 1 amide bonds. The van der Waals surface area contributed by atoms with Gasteiger partial charge in [0.05, 0.1) is 11.2 Å². The number of primary amides is 1. The number of hydrogen-bond acceptors (Lipinski definition) is 3. The largest absolute Gasteiger partial charge is 0.363 e. The molecule has 1 heterocycles. The van der Waals surface area contributed by atoms with E-state index >= 15 is 0 Å². The second-order valence-electron chi connectivity index (χ2n) is 4.47. The Kier molecular flexibility index (Phi) is 4.32. The standard InChI is InChI=1S/C14H16ClN3O/c1-2-5-9(15)8-12-10-6-3-4-7-11(10)17-14(18-12)13(16)19/h3-4,6-7,9H,2,5,8H2,1H3,(H2,16,19). The smallest absolute Gasteiger partial charge is 0.286 e. The second-order valence-corrected chi connectivity index (χ2v) is 5.08. The van der Waals surface area contributed by atoms with E-state index in [1.165, 1.54) is 0 Å². The Bertz CT molecular complexity index is 600. The van der Waals surface area contributed by atoms with Crippen molar-refractivity contribution in [1.82, 2.24) is 9.97 Å². The molecule has 0 aliphatic carbocycles. The summed E-state index contributed by atoms with van der Waals surface area (Å²) in [5.41, 5.74) is 6.78. The summed E-state index contributed by atoms with van der Waals surface area (Å²) in [6, 6.07) is 7.57. The number of carbonyl (C=O) groups is 1. The molecular formula is C14H16ClN3O.